The molecular weight excluding hydrogens is 432 g/mol. The molecule has 0 aromatic heterocycles. The highest BCUT2D eigenvalue weighted by molar-refractivity contribution is 5.37. The molecule has 0 spiro atoms. The zero-order chi connectivity index (χ0) is 26.6. The van der Waals surface area contributed by atoms with Gasteiger partial charge in [-0.05, 0) is 87.0 Å². The largest absolute Gasteiger partial charge is 0.464 e. The average molecular weight is 487 g/mol. The highest BCUT2D eigenvalue weighted by atomic mass is 16.5. The predicted molar refractivity (Wildman–Crippen MR) is 150 cm³/mol. The van der Waals surface area contributed by atoms with Crippen molar-refractivity contribution in [3.05, 3.63) is 47.6 Å². The molecule has 1 N–H and O–H groups in total. The number of ether oxygens (including phenoxy) is 1. The molecule has 0 aromatic carbocycles. The van der Waals surface area contributed by atoms with Crippen molar-refractivity contribution in [2.45, 2.75) is 125 Å². The third-order valence-corrected chi connectivity index (χ3v) is 8.55. The maximum absolute atomic E-state index is 11.1. The molecule has 0 bridgehead atoms. The summed E-state index contributed by atoms with van der Waals surface area (Å²) >= 11 is 0. The Bertz CT molecular complexity index is 746. The van der Waals surface area contributed by atoms with E-state index >= 15 is 0 Å². The average Bonchev–Trinajstić information content (AvgIpc) is 2.81. The van der Waals surface area contributed by atoms with E-state index in [-0.39, 0.29) is 17.6 Å². The van der Waals surface area contributed by atoms with Gasteiger partial charge >= 0.3 is 0 Å². The molecule has 6 atom stereocenters. The highest BCUT2D eigenvalue weighted by Gasteiger charge is 2.44. The number of allylic oxidation sites excluding steroid dienone is 3. The van der Waals surface area contributed by atoms with Crippen molar-refractivity contribution >= 4 is 6.47 Å². The van der Waals surface area contributed by atoms with Crippen molar-refractivity contribution < 1.29 is 14.6 Å². The van der Waals surface area contributed by atoms with Crippen LogP contribution in [0.3, 0.4) is 0 Å². The minimum atomic E-state index is -0.382. The second-order valence-corrected chi connectivity index (χ2v) is 11.1. The van der Waals surface area contributed by atoms with Crippen LogP contribution in [0, 0.1) is 23.2 Å². The van der Waals surface area contributed by atoms with Crippen LogP contribution in [0.4, 0.5) is 0 Å². The first kappa shape index (κ1) is 31.4. The minimum Gasteiger partial charge on any atom is -0.464 e. The fraction of sp³-hybridized carbons (Fsp3) is 0.719. The summed E-state index contributed by atoms with van der Waals surface area (Å²) in [5, 5.41) is 10.2. The summed E-state index contributed by atoms with van der Waals surface area (Å²) in [4.78, 5) is 11.1. The topological polar surface area (TPSA) is 46.5 Å². The first-order valence-corrected chi connectivity index (χ1v) is 14.1. The summed E-state index contributed by atoms with van der Waals surface area (Å²) in [5.74, 6) is 1.56. The highest BCUT2D eigenvalue weighted by Crippen LogP contribution is 2.53. The van der Waals surface area contributed by atoms with Gasteiger partial charge in [0.25, 0.3) is 6.47 Å². The van der Waals surface area contributed by atoms with Crippen LogP contribution in [0.15, 0.2) is 47.6 Å². The Labute approximate surface area is 216 Å². The number of carbonyl (C=O) groups is 1. The molecular formula is C32H54O3. The van der Waals surface area contributed by atoms with Crippen LogP contribution in [0.25, 0.3) is 0 Å². The Morgan fingerprint density at radius 3 is 2.51 bits per heavy atom. The van der Waals surface area contributed by atoms with E-state index < -0.39 is 0 Å². The van der Waals surface area contributed by atoms with E-state index in [1.165, 1.54) is 31.3 Å². The van der Waals surface area contributed by atoms with E-state index in [2.05, 4.69) is 53.0 Å². The van der Waals surface area contributed by atoms with Crippen molar-refractivity contribution in [3.8, 4) is 0 Å². The first-order valence-electron chi connectivity index (χ1n) is 14.1. The standard InChI is InChI=1S/C30H48O3.C2H6/c1-8-10-28(23(5)18-27(33-20-31)17-21(2)3)30(7)16-9-11-26(24(30)6)15-14-25-13-12-22(4)29(32)19-25;1-2/h14-15,20,23-24,27-29,32H,2,4,8-13,16-19H2,1,3,5-7H3;1-2H3/b25-14-,26-15+;/t23-,24?,27-,28?,29-,30+;/m1./s1. The van der Waals surface area contributed by atoms with Gasteiger partial charge in [0.05, 0.1) is 6.10 Å². The van der Waals surface area contributed by atoms with E-state index in [4.69, 9.17) is 4.74 Å². The van der Waals surface area contributed by atoms with Crippen molar-refractivity contribution in [2.24, 2.45) is 23.2 Å². The molecule has 2 aliphatic rings. The fourth-order valence-corrected chi connectivity index (χ4v) is 6.43. The number of aliphatic hydroxyl groups is 1. The van der Waals surface area contributed by atoms with Gasteiger partial charge in [0.1, 0.15) is 6.10 Å². The van der Waals surface area contributed by atoms with Gasteiger partial charge in [0, 0.05) is 6.42 Å². The van der Waals surface area contributed by atoms with Crippen LogP contribution in [0.5, 0.6) is 0 Å². The quantitative estimate of drug-likeness (QED) is 0.234. The molecule has 2 saturated carbocycles. The number of aliphatic hydroxyl groups excluding tert-OH is 1. The molecule has 2 fully saturated rings. The predicted octanol–water partition coefficient (Wildman–Crippen LogP) is 8.74. The van der Waals surface area contributed by atoms with E-state index in [0.29, 0.717) is 24.2 Å². The van der Waals surface area contributed by atoms with Crippen LogP contribution in [0.2, 0.25) is 0 Å². The van der Waals surface area contributed by atoms with Crippen LogP contribution in [-0.2, 0) is 9.53 Å². The summed E-state index contributed by atoms with van der Waals surface area (Å²) in [6.07, 6.45) is 14.5. The van der Waals surface area contributed by atoms with Crippen molar-refractivity contribution in [1.29, 1.82) is 0 Å². The van der Waals surface area contributed by atoms with Gasteiger partial charge in [-0.1, -0.05) is 83.4 Å². The van der Waals surface area contributed by atoms with Gasteiger partial charge in [0.15, 0.2) is 0 Å². The molecule has 0 radical (unpaired) electrons. The number of carbonyl (C=O) groups excluding carboxylic acids is 1. The van der Waals surface area contributed by atoms with Crippen molar-refractivity contribution in [2.75, 3.05) is 0 Å². The number of hydrogen-bond donors (Lipinski definition) is 1. The molecule has 2 aliphatic carbocycles. The molecule has 0 saturated heterocycles. The maximum atomic E-state index is 11.1. The van der Waals surface area contributed by atoms with Crippen molar-refractivity contribution in [3.63, 3.8) is 0 Å². The van der Waals surface area contributed by atoms with Crippen LogP contribution >= 0.6 is 0 Å². The Hall–Kier alpha value is -1.61. The first-order chi connectivity index (χ1) is 16.6. The smallest absolute Gasteiger partial charge is 0.293 e. The van der Waals surface area contributed by atoms with Crippen molar-refractivity contribution in [1.82, 2.24) is 0 Å². The van der Waals surface area contributed by atoms with E-state index in [0.717, 1.165) is 49.7 Å². The molecule has 3 heteroatoms. The molecule has 2 rings (SSSR count). The lowest BCUT2D eigenvalue weighted by atomic mass is 9.55. The molecule has 3 nitrogen and oxygen atoms in total. The monoisotopic (exact) mass is 486 g/mol. The molecule has 0 amide bonds. The molecule has 35 heavy (non-hydrogen) atoms. The Morgan fingerprint density at radius 1 is 1.26 bits per heavy atom. The summed E-state index contributed by atoms with van der Waals surface area (Å²) in [5.41, 5.74) is 5.15. The third-order valence-electron chi connectivity index (χ3n) is 8.55. The van der Waals surface area contributed by atoms with E-state index in [9.17, 15) is 9.90 Å². The number of hydrogen-bond acceptors (Lipinski definition) is 3. The lowest BCUT2D eigenvalue weighted by Crippen LogP contribution is -2.41. The molecule has 0 heterocycles. The van der Waals surface area contributed by atoms with Gasteiger partial charge < -0.3 is 9.84 Å². The summed E-state index contributed by atoms with van der Waals surface area (Å²) in [6.45, 7) is 24.2. The van der Waals surface area contributed by atoms with Gasteiger partial charge in [0.2, 0.25) is 0 Å². The normalized spacial score (nSPS) is 29.7. The maximum Gasteiger partial charge on any atom is 0.293 e. The van der Waals surface area contributed by atoms with Gasteiger partial charge in [-0.3, -0.25) is 4.79 Å². The van der Waals surface area contributed by atoms with Gasteiger partial charge in [-0.15, -0.1) is 6.58 Å². The molecule has 2 unspecified atom stereocenters. The van der Waals surface area contributed by atoms with Gasteiger partial charge in [-0.2, -0.15) is 0 Å². The summed E-state index contributed by atoms with van der Waals surface area (Å²) in [6, 6.07) is 0. The van der Waals surface area contributed by atoms with E-state index in [1.54, 1.807) is 5.57 Å². The third kappa shape index (κ3) is 9.08. The second kappa shape index (κ2) is 15.5. The SMILES string of the molecule is C=C(C)C[C@H](C[C@@H](C)C(CCC)[C@@]1(C)CCC/C(=C\C=C2\CCC(=C)[C@H](O)C2)C1C)OC=O.CC. The van der Waals surface area contributed by atoms with Gasteiger partial charge in [-0.25, -0.2) is 0 Å². The van der Waals surface area contributed by atoms with Crippen LogP contribution in [-0.4, -0.2) is 23.8 Å². The molecule has 200 valence electrons. The Balaban J connectivity index is 0.00000298. The lowest BCUT2D eigenvalue weighted by Gasteiger charge is -2.49. The minimum absolute atomic E-state index is 0.0796. The second-order valence-electron chi connectivity index (χ2n) is 11.1. The Morgan fingerprint density at radius 2 is 1.94 bits per heavy atom. The van der Waals surface area contributed by atoms with Crippen LogP contribution in [0.1, 0.15) is 113 Å². The molecule has 0 aliphatic heterocycles. The fourth-order valence-electron chi connectivity index (χ4n) is 6.43. The Kier molecular flexibility index (Phi) is 13.9. The summed E-state index contributed by atoms with van der Waals surface area (Å²) < 4.78 is 5.45. The zero-order valence-corrected chi connectivity index (χ0v) is 23.9. The number of rotatable bonds is 11. The zero-order valence-electron chi connectivity index (χ0n) is 23.9. The molecule has 0 aromatic rings. The van der Waals surface area contributed by atoms with Crippen LogP contribution < -0.4 is 0 Å². The lowest BCUT2D eigenvalue weighted by molar-refractivity contribution is -0.134. The van der Waals surface area contributed by atoms with E-state index in [1.807, 2.05) is 20.8 Å². The summed E-state index contributed by atoms with van der Waals surface area (Å²) in [7, 11) is 0.